The topological polar surface area (TPSA) is 28.7 Å². The van der Waals surface area contributed by atoms with Crippen molar-refractivity contribution in [1.82, 2.24) is 9.97 Å². The zero-order chi connectivity index (χ0) is 3.54. The molecule has 0 aliphatic heterocycles. The molecule has 0 saturated heterocycles. The first-order chi connectivity index (χ1) is 2.50. The minimum atomic E-state index is 0. The molecule has 1 aromatic rings. The second kappa shape index (κ2) is 5.72. The van der Waals surface area contributed by atoms with Crippen LogP contribution in [0.5, 0.6) is 0 Å². The summed E-state index contributed by atoms with van der Waals surface area (Å²) in [4.78, 5) is 6.42. The highest BCUT2D eigenvalue weighted by molar-refractivity contribution is 5.85. The standard InChI is InChI=1S/C3H4N2.ClH.H4Si/c1-2-5-3-4-1;;/h1-3H,(H,4,5);1H;1H4. The fraction of sp³-hybridized carbons (Fsp3) is 0. The van der Waals surface area contributed by atoms with Crippen LogP contribution in [-0.4, -0.2) is 20.9 Å². The van der Waals surface area contributed by atoms with Gasteiger partial charge in [-0.2, -0.15) is 0 Å². The Balaban J connectivity index is 0. The number of hydrogen-bond donors (Lipinski definition) is 1. The molecule has 42 valence electrons. The van der Waals surface area contributed by atoms with E-state index in [4.69, 9.17) is 0 Å². The molecule has 7 heavy (non-hydrogen) atoms. The third-order valence-corrected chi connectivity index (χ3v) is 0.406. The molecule has 4 heteroatoms. The van der Waals surface area contributed by atoms with Crippen LogP contribution in [0.4, 0.5) is 0 Å². The number of imidazole rings is 1. The molecule has 0 fully saturated rings. The van der Waals surface area contributed by atoms with Crippen LogP contribution in [0.25, 0.3) is 0 Å². The van der Waals surface area contributed by atoms with E-state index in [-0.39, 0.29) is 23.4 Å². The number of aromatic amines is 1. The number of H-pyrrole nitrogens is 1. The van der Waals surface area contributed by atoms with Gasteiger partial charge in [-0.15, -0.1) is 12.4 Å². The largest absolute Gasteiger partial charge is 0.351 e. The highest BCUT2D eigenvalue weighted by Crippen LogP contribution is 1.62. The maximum atomic E-state index is 3.67. The lowest BCUT2D eigenvalue weighted by Crippen LogP contribution is -1.44. The predicted molar refractivity (Wildman–Crippen MR) is 37.2 cm³/mol. The lowest BCUT2D eigenvalue weighted by molar-refractivity contribution is 1.31. The molecule has 1 heterocycles. The van der Waals surface area contributed by atoms with Gasteiger partial charge in [0.05, 0.1) is 6.33 Å². The van der Waals surface area contributed by atoms with E-state index in [0.717, 1.165) is 0 Å². The van der Waals surface area contributed by atoms with E-state index in [2.05, 4.69) is 9.97 Å². The van der Waals surface area contributed by atoms with Crippen molar-refractivity contribution in [2.75, 3.05) is 0 Å². The molecule has 0 aromatic carbocycles. The lowest BCUT2D eigenvalue weighted by atomic mass is 11.0. The number of rotatable bonds is 0. The predicted octanol–water partition coefficient (Wildman–Crippen LogP) is -0.620. The minimum Gasteiger partial charge on any atom is -0.351 e. The minimum absolute atomic E-state index is 0. The molecule has 0 saturated carbocycles. The molecule has 0 spiro atoms. The van der Waals surface area contributed by atoms with Crippen LogP contribution in [0.1, 0.15) is 0 Å². The van der Waals surface area contributed by atoms with Gasteiger partial charge in [-0.3, -0.25) is 0 Å². The van der Waals surface area contributed by atoms with Gasteiger partial charge in [-0.1, -0.05) is 0 Å². The van der Waals surface area contributed by atoms with Crippen LogP contribution < -0.4 is 0 Å². The second-order valence-corrected chi connectivity index (χ2v) is 0.761. The lowest BCUT2D eigenvalue weighted by Gasteiger charge is -1.46. The number of nitrogens with zero attached hydrogens (tertiary/aromatic N) is 1. The molecule has 1 N–H and O–H groups in total. The molecule has 1 rings (SSSR count). The normalized spacial score (nSPS) is 5.71. The van der Waals surface area contributed by atoms with Gasteiger partial charge in [-0.05, 0) is 11.0 Å². The molecule has 0 aliphatic rings. The van der Waals surface area contributed by atoms with Gasteiger partial charge in [0.2, 0.25) is 0 Å². The summed E-state index contributed by atoms with van der Waals surface area (Å²) in [5, 5.41) is 0. The Morgan fingerprint density at radius 1 is 1.43 bits per heavy atom. The summed E-state index contributed by atoms with van der Waals surface area (Å²) in [6.07, 6.45) is 5.08. The third kappa shape index (κ3) is 3.55. The molecule has 0 bridgehead atoms. The average molecular weight is 137 g/mol. The van der Waals surface area contributed by atoms with Crippen LogP contribution >= 0.6 is 12.4 Å². The van der Waals surface area contributed by atoms with Crippen molar-refractivity contribution in [3.05, 3.63) is 18.7 Å². The first-order valence-electron chi connectivity index (χ1n) is 1.43. The van der Waals surface area contributed by atoms with Gasteiger partial charge in [-0.25, -0.2) is 4.98 Å². The zero-order valence-corrected chi connectivity index (χ0v) is 3.90. The molecule has 0 radical (unpaired) electrons. The maximum Gasteiger partial charge on any atom is 0.0919 e. The Bertz CT molecular complexity index is 69.4. The molecular formula is C3H9ClN2Si. The van der Waals surface area contributed by atoms with Crippen molar-refractivity contribution in [1.29, 1.82) is 0 Å². The number of nitrogens with one attached hydrogen (secondary N) is 1. The van der Waals surface area contributed by atoms with Gasteiger partial charge in [0.25, 0.3) is 0 Å². The van der Waals surface area contributed by atoms with Gasteiger partial charge in [0.1, 0.15) is 0 Å². The van der Waals surface area contributed by atoms with Crippen LogP contribution in [0, 0.1) is 0 Å². The zero-order valence-electron chi connectivity index (χ0n) is 3.09. The van der Waals surface area contributed by atoms with Crippen LogP contribution in [0.3, 0.4) is 0 Å². The van der Waals surface area contributed by atoms with E-state index >= 15 is 0 Å². The van der Waals surface area contributed by atoms with Gasteiger partial charge >= 0.3 is 0 Å². The Kier molecular flexibility index (Phi) is 8.06. The van der Waals surface area contributed by atoms with Gasteiger partial charge in [0, 0.05) is 12.4 Å². The van der Waals surface area contributed by atoms with Crippen molar-refractivity contribution in [3.63, 3.8) is 0 Å². The summed E-state index contributed by atoms with van der Waals surface area (Å²) >= 11 is 0. The average Bonchev–Trinajstić information content (AvgIpc) is 1.76. The van der Waals surface area contributed by atoms with E-state index < -0.39 is 0 Å². The number of aromatic nitrogens is 2. The fourth-order valence-corrected chi connectivity index (χ4v) is 0.215. The van der Waals surface area contributed by atoms with Crippen LogP contribution in [-0.2, 0) is 0 Å². The Labute approximate surface area is 52.8 Å². The van der Waals surface area contributed by atoms with Gasteiger partial charge in [0.15, 0.2) is 0 Å². The van der Waals surface area contributed by atoms with Crippen molar-refractivity contribution < 1.29 is 0 Å². The first-order valence-corrected chi connectivity index (χ1v) is 1.43. The molecule has 2 nitrogen and oxygen atoms in total. The molecule has 0 aliphatic carbocycles. The first kappa shape index (κ1) is 9.87. The molecule has 0 amide bonds. The van der Waals surface area contributed by atoms with Crippen molar-refractivity contribution in [3.8, 4) is 0 Å². The summed E-state index contributed by atoms with van der Waals surface area (Å²) in [5.41, 5.74) is 0. The number of hydrogen-bond acceptors (Lipinski definition) is 1. The Hall–Kier alpha value is -0.283. The Morgan fingerprint density at radius 2 is 2.14 bits per heavy atom. The molecular weight excluding hydrogens is 128 g/mol. The highest BCUT2D eigenvalue weighted by atomic mass is 35.5. The maximum absolute atomic E-state index is 3.67. The van der Waals surface area contributed by atoms with Crippen LogP contribution in [0.2, 0.25) is 0 Å². The highest BCUT2D eigenvalue weighted by Gasteiger charge is 1.56. The molecule has 1 aromatic heterocycles. The van der Waals surface area contributed by atoms with E-state index in [1.807, 2.05) is 0 Å². The van der Waals surface area contributed by atoms with E-state index in [1.165, 1.54) is 0 Å². The SMILES string of the molecule is Cl.[SiH4].c1c[nH]cn1. The van der Waals surface area contributed by atoms with E-state index in [9.17, 15) is 0 Å². The van der Waals surface area contributed by atoms with Gasteiger partial charge < -0.3 is 4.98 Å². The van der Waals surface area contributed by atoms with E-state index in [1.54, 1.807) is 18.7 Å². The summed E-state index contributed by atoms with van der Waals surface area (Å²) in [6, 6.07) is 0. The van der Waals surface area contributed by atoms with E-state index in [0.29, 0.717) is 0 Å². The quantitative estimate of drug-likeness (QED) is 0.474. The summed E-state index contributed by atoms with van der Waals surface area (Å²) in [6.45, 7) is 0. The fourth-order valence-electron chi connectivity index (χ4n) is 0.215. The van der Waals surface area contributed by atoms with Crippen molar-refractivity contribution in [2.45, 2.75) is 0 Å². The summed E-state index contributed by atoms with van der Waals surface area (Å²) in [7, 11) is 0. The second-order valence-electron chi connectivity index (χ2n) is 0.761. The Morgan fingerprint density at radius 3 is 2.29 bits per heavy atom. The van der Waals surface area contributed by atoms with Crippen molar-refractivity contribution >= 4 is 23.4 Å². The third-order valence-electron chi connectivity index (χ3n) is 0.406. The number of halogens is 1. The summed E-state index contributed by atoms with van der Waals surface area (Å²) in [5.74, 6) is 0. The van der Waals surface area contributed by atoms with Crippen molar-refractivity contribution in [2.24, 2.45) is 0 Å². The smallest absolute Gasteiger partial charge is 0.0919 e. The monoisotopic (exact) mass is 136 g/mol. The molecule has 0 unspecified atom stereocenters. The van der Waals surface area contributed by atoms with Crippen LogP contribution in [0.15, 0.2) is 18.7 Å². The molecule has 0 atom stereocenters. The summed E-state index contributed by atoms with van der Waals surface area (Å²) < 4.78 is 0.